The van der Waals surface area contributed by atoms with Crippen LogP contribution in [0, 0.1) is 23.3 Å². The third-order valence-corrected chi connectivity index (χ3v) is 4.44. The molecule has 0 aliphatic carbocycles. The average molecular weight is 351 g/mol. The summed E-state index contributed by atoms with van der Waals surface area (Å²) in [5, 5.41) is 0. The highest BCUT2D eigenvalue weighted by Crippen LogP contribution is 2.37. The van der Waals surface area contributed by atoms with Gasteiger partial charge in [-0.15, -0.1) is 0 Å². The topological polar surface area (TPSA) is 20.3 Å². The van der Waals surface area contributed by atoms with Crippen LogP contribution >= 0.6 is 0 Å². The number of benzene rings is 2. The van der Waals surface area contributed by atoms with Crippen molar-refractivity contribution in [1.82, 2.24) is 0 Å². The second-order valence-electron chi connectivity index (χ2n) is 7.12. The summed E-state index contributed by atoms with van der Waals surface area (Å²) in [5.41, 5.74) is 0.358. The Morgan fingerprint density at radius 3 is 2.04 bits per heavy atom. The summed E-state index contributed by atoms with van der Waals surface area (Å²) in [6, 6.07) is 6.75. The molecule has 2 aromatic carbocycles. The summed E-state index contributed by atoms with van der Waals surface area (Å²) in [5.74, 6) is -7.30. The summed E-state index contributed by atoms with van der Waals surface area (Å²) in [4.78, 5) is 13.6. The standard InChI is InChI=1S/C19H17F4NO/c1-19(2,3)11-6-4-10(5-7-11)18(25)24-9-8-12-13(20)14(21)15(22)16(23)17(12)24/h4-7H,8-9H2,1-3H3. The number of nitrogens with zero attached hydrogens (tertiary/aromatic N) is 1. The zero-order valence-electron chi connectivity index (χ0n) is 14.1. The summed E-state index contributed by atoms with van der Waals surface area (Å²) in [7, 11) is 0. The van der Waals surface area contributed by atoms with E-state index >= 15 is 0 Å². The molecule has 0 N–H and O–H groups in total. The van der Waals surface area contributed by atoms with E-state index in [2.05, 4.69) is 0 Å². The molecule has 1 heterocycles. The molecule has 2 nitrogen and oxygen atoms in total. The van der Waals surface area contributed by atoms with E-state index in [0.29, 0.717) is 0 Å². The van der Waals surface area contributed by atoms with E-state index in [1.165, 1.54) is 0 Å². The third-order valence-electron chi connectivity index (χ3n) is 4.44. The van der Waals surface area contributed by atoms with Crippen LogP contribution in [-0.4, -0.2) is 12.5 Å². The number of carbonyl (C=O) groups is 1. The van der Waals surface area contributed by atoms with Gasteiger partial charge < -0.3 is 4.90 Å². The maximum Gasteiger partial charge on any atom is 0.258 e. The van der Waals surface area contributed by atoms with Gasteiger partial charge in [0, 0.05) is 17.7 Å². The van der Waals surface area contributed by atoms with Crippen molar-refractivity contribution in [1.29, 1.82) is 0 Å². The molecule has 1 aliphatic rings. The number of carbonyl (C=O) groups excluding carboxylic acids is 1. The van der Waals surface area contributed by atoms with E-state index in [0.717, 1.165) is 10.5 Å². The lowest BCUT2D eigenvalue weighted by molar-refractivity contribution is 0.0988. The minimum Gasteiger partial charge on any atom is -0.305 e. The van der Waals surface area contributed by atoms with Crippen LogP contribution < -0.4 is 4.90 Å². The molecule has 2 aromatic rings. The largest absolute Gasteiger partial charge is 0.305 e. The third kappa shape index (κ3) is 2.79. The summed E-state index contributed by atoms with van der Waals surface area (Å²) < 4.78 is 54.9. The number of fused-ring (bicyclic) bond motifs is 1. The highest BCUT2D eigenvalue weighted by Gasteiger charge is 2.35. The van der Waals surface area contributed by atoms with E-state index in [9.17, 15) is 22.4 Å². The summed E-state index contributed by atoms with van der Waals surface area (Å²) >= 11 is 0. The number of halogens is 4. The highest BCUT2D eigenvalue weighted by atomic mass is 19.2. The van der Waals surface area contributed by atoms with Crippen molar-refractivity contribution < 1.29 is 22.4 Å². The van der Waals surface area contributed by atoms with Gasteiger partial charge in [-0.05, 0) is 29.5 Å². The molecule has 1 aliphatic heterocycles. The average Bonchev–Trinajstić information content (AvgIpc) is 3.02. The van der Waals surface area contributed by atoms with Crippen LogP contribution in [0.15, 0.2) is 24.3 Å². The quantitative estimate of drug-likeness (QED) is 0.413. The van der Waals surface area contributed by atoms with Crippen molar-refractivity contribution in [2.45, 2.75) is 32.6 Å². The van der Waals surface area contributed by atoms with Crippen LogP contribution in [0.2, 0.25) is 0 Å². The van der Waals surface area contributed by atoms with E-state index in [-0.39, 0.29) is 29.5 Å². The van der Waals surface area contributed by atoms with Crippen LogP contribution in [0.1, 0.15) is 42.3 Å². The van der Waals surface area contributed by atoms with Crippen molar-refractivity contribution in [3.05, 3.63) is 64.2 Å². The van der Waals surface area contributed by atoms with Gasteiger partial charge in [0.2, 0.25) is 0 Å². The monoisotopic (exact) mass is 351 g/mol. The lowest BCUT2D eigenvalue weighted by Gasteiger charge is -2.21. The van der Waals surface area contributed by atoms with Crippen molar-refractivity contribution in [3.8, 4) is 0 Å². The van der Waals surface area contributed by atoms with Crippen LogP contribution in [-0.2, 0) is 11.8 Å². The highest BCUT2D eigenvalue weighted by molar-refractivity contribution is 6.07. The number of rotatable bonds is 1. The number of hydrogen-bond donors (Lipinski definition) is 0. The molecule has 6 heteroatoms. The Balaban J connectivity index is 2.00. The molecule has 0 radical (unpaired) electrons. The molecule has 0 unspecified atom stereocenters. The Morgan fingerprint density at radius 2 is 1.48 bits per heavy atom. The molecule has 25 heavy (non-hydrogen) atoms. The van der Waals surface area contributed by atoms with Gasteiger partial charge in [-0.25, -0.2) is 17.6 Å². The first-order valence-electron chi connectivity index (χ1n) is 7.90. The Morgan fingerprint density at radius 1 is 0.920 bits per heavy atom. The Bertz CT molecular complexity index is 853. The summed E-state index contributed by atoms with van der Waals surface area (Å²) in [6.07, 6.45) is -0.0684. The Labute approximate surface area is 143 Å². The predicted octanol–water partition coefficient (Wildman–Crippen LogP) is 4.74. The maximum absolute atomic E-state index is 14.1. The number of anilines is 1. The number of amides is 1. The van der Waals surface area contributed by atoms with Crippen LogP contribution in [0.5, 0.6) is 0 Å². The molecule has 0 spiro atoms. The first kappa shape index (κ1) is 17.5. The molecule has 0 atom stereocenters. The smallest absolute Gasteiger partial charge is 0.258 e. The molecule has 1 amide bonds. The van der Waals surface area contributed by atoms with Gasteiger partial charge >= 0.3 is 0 Å². The predicted molar refractivity (Wildman–Crippen MR) is 86.8 cm³/mol. The molecule has 3 rings (SSSR count). The number of hydrogen-bond acceptors (Lipinski definition) is 1. The molecule has 132 valence electrons. The minimum atomic E-state index is -1.90. The van der Waals surface area contributed by atoms with Crippen molar-refractivity contribution in [2.24, 2.45) is 0 Å². The van der Waals surface area contributed by atoms with E-state index in [1.807, 2.05) is 20.8 Å². The van der Waals surface area contributed by atoms with Gasteiger partial charge in [-0.2, -0.15) is 0 Å². The summed E-state index contributed by atoms with van der Waals surface area (Å²) in [6.45, 7) is 6.04. The molecule has 0 fully saturated rings. The van der Waals surface area contributed by atoms with Crippen molar-refractivity contribution >= 4 is 11.6 Å². The normalized spacial score (nSPS) is 14.0. The molecular formula is C19H17F4NO. The second kappa shape index (κ2) is 5.86. The molecular weight excluding hydrogens is 334 g/mol. The first-order chi connectivity index (χ1) is 11.6. The van der Waals surface area contributed by atoms with Crippen molar-refractivity contribution in [3.63, 3.8) is 0 Å². The minimum absolute atomic E-state index is 0.0358. The fraction of sp³-hybridized carbons (Fsp3) is 0.316. The lowest BCUT2D eigenvalue weighted by Crippen LogP contribution is -2.30. The van der Waals surface area contributed by atoms with Crippen LogP contribution in [0.3, 0.4) is 0 Å². The van der Waals surface area contributed by atoms with Gasteiger partial charge in [0.1, 0.15) is 0 Å². The fourth-order valence-electron chi connectivity index (χ4n) is 2.98. The SMILES string of the molecule is CC(C)(C)c1ccc(C(=O)N2CCc3c(F)c(F)c(F)c(F)c32)cc1. The molecule has 0 saturated heterocycles. The van der Waals surface area contributed by atoms with E-state index < -0.39 is 34.9 Å². The van der Waals surface area contributed by atoms with Gasteiger partial charge in [0.05, 0.1) is 5.69 Å². The lowest BCUT2D eigenvalue weighted by atomic mass is 9.86. The maximum atomic E-state index is 14.1. The van der Waals surface area contributed by atoms with Gasteiger partial charge in [-0.3, -0.25) is 4.79 Å². The fourth-order valence-corrected chi connectivity index (χ4v) is 2.98. The van der Waals surface area contributed by atoms with E-state index in [1.54, 1.807) is 24.3 Å². The first-order valence-corrected chi connectivity index (χ1v) is 7.90. The second-order valence-corrected chi connectivity index (χ2v) is 7.12. The van der Waals surface area contributed by atoms with Crippen molar-refractivity contribution in [2.75, 3.05) is 11.4 Å². The van der Waals surface area contributed by atoms with Crippen LogP contribution in [0.4, 0.5) is 23.2 Å². The zero-order chi connectivity index (χ0) is 18.5. The molecule has 0 bridgehead atoms. The van der Waals surface area contributed by atoms with Gasteiger partial charge in [0.25, 0.3) is 5.91 Å². The Hall–Kier alpha value is -2.37. The Kier molecular flexibility index (Phi) is 4.09. The van der Waals surface area contributed by atoms with Gasteiger partial charge in [0.15, 0.2) is 23.3 Å². The molecule has 0 aromatic heterocycles. The molecule has 0 saturated carbocycles. The van der Waals surface area contributed by atoms with E-state index in [4.69, 9.17) is 0 Å². The van der Waals surface area contributed by atoms with Gasteiger partial charge in [-0.1, -0.05) is 32.9 Å². The zero-order valence-corrected chi connectivity index (χ0v) is 14.1. The van der Waals surface area contributed by atoms with Crippen LogP contribution in [0.25, 0.3) is 0 Å².